The molecule has 0 saturated carbocycles. The SMILES string of the molecule is Cc1ccc(S(=O)(=O)N2C(=O)CC[C@@H]2C(=O)Nc2cc(Cl)ccc2C)cc1C. The van der Waals surface area contributed by atoms with Crippen LogP contribution in [0.5, 0.6) is 0 Å². The van der Waals surface area contributed by atoms with Crippen LogP contribution < -0.4 is 5.32 Å². The molecule has 0 bridgehead atoms. The van der Waals surface area contributed by atoms with E-state index in [1.807, 2.05) is 6.92 Å². The van der Waals surface area contributed by atoms with Gasteiger partial charge in [0.1, 0.15) is 6.04 Å². The van der Waals surface area contributed by atoms with Gasteiger partial charge in [-0.3, -0.25) is 9.59 Å². The van der Waals surface area contributed by atoms with Gasteiger partial charge in [-0.2, -0.15) is 0 Å². The third kappa shape index (κ3) is 3.77. The molecule has 8 heteroatoms. The largest absolute Gasteiger partial charge is 0.324 e. The Morgan fingerprint density at radius 1 is 1.07 bits per heavy atom. The molecule has 2 amide bonds. The van der Waals surface area contributed by atoms with Crippen molar-refractivity contribution in [3.63, 3.8) is 0 Å². The third-order valence-electron chi connectivity index (χ3n) is 4.96. The molecule has 6 nitrogen and oxygen atoms in total. The second-order valence-electron chi connectivity index (χ2n) is 6.94. The Bertz CT molecular complexity index is 1070. The van der Waals surface area contributed by atoms with Gasteiger partial charge in [0.25, 0.3) is 10.0 Å². The second kappa shape index (κ2) is 7.56. The van der Waals surface area contributed by atoms with E-state index in [4.69, 9.17) is 11.6 Å². The average molecular weight is 421 g/mol. The molecule has 0 spiro atoms. The number of aryl methyl sites for hydroxylation is 3. The van der Waals surface area contributed by atoms with E-state index in [0.717, 1.165) is 16.7 Å². The molecule has 28 heavy (non-hydrogen) atoms. The van der Waals surface area contributed by atoms with Crippen LogP contribution in [-0.2, 0) is 19.6 Å². The molecule has 1 heterocycles. The predicted octanol–water partition coefficient (Wildman–Crippen LogP) is 3.58. The molecule has 148 valence electrons. The minimum atomic E-state index is -4.14. The van der Waals surface area contributed by atoms with Crippen molar-refractivity contribution in [2.75, 3.05) is 5.32 Å². The molecule has 3 rings (SSSR count). The smallest absolute Gasteiger partial charge is 0.267 e. The molecule has 1 N–H and O–H groups in total. The second-order valence-corrected chi connectivity index (χ2v) is 9.19. The number of carbonyl (C=O) groups excluding carboxylic acids is 2. The Morgan fingerprint density at radius 2 is 1.75 bits per heavy atom. The fraction of sp³-hybridized carbons (Fsp3) is 0.300. The highest BCUT2D eigenvalue weighted by molar-refractivity contribution is 7.89. The monoisotopic (exact) mass is 420 g/mol. The lowest BCUT2D eigenvalue weighted by molar-refractivity contribution is -0.128. The fourth-order valence-corrected chi connectivity index (χ4v) is 4.99. The number of hydrogen-bond acceptors (Lipinski definition) is 4. The highest BCUT2D eigenvalue weighted by Crippen LogP contribution is 2.29. The number of nitrogens with one attached hydrogen (secondary N) is 1. The molecule has 0 aromatic heterocycles. The van der Waals surface area contributed by atoms with E-state index in [1.165, 1.54) is 12.1 Å². The van der Waals surface area contributed by atoms with Gasteiger partial charge < -0.3 is 5.32 Å². The summed E-state index contributed by atoms with van der Waals surface area (Å²) in [7, 11) is -4.14. The number of sulfonamides is 1. The maximum Gasteiger partial charge on any atom is 0.267 e. The van der Waals surface area contributed by atoms with E-state index in [-0.39, 0.29) is 17.7 Å². The van der Waals surface area contributed by atoms with Gasteiger partial charge in [0.05, 0.1) is 4.90 Å². The Balaban J connectivity index is 1.93. The number of halogens is 1. The van der Waals surface area contributed by atoms with E-state index in [2.05, 4.69) is 5.32 Å². The summed E-state index contributed by atoms with van der Waals surface area (Å²) in [5, 5.41) is 3.15. The van der Waals surface area contributed by atoms with Crippen molar-refractivity contribution < 1.29 is 18.0 Å². The normalized spacial score (nSPS) is 17.1. The third-order valence-corrected chi connectivity index (χ3v) is 7.02. The van der Waals surface area contributed by atoms with E-state index in [9.17, 15) is 18.0 Å². The standard InChI is InChI=1S/C20H21ClN2O4S/c1-12-5-7-16(10-14(12)3)28(26,27)23-18(8-9-19(23)24)20(25)22-17-11-15(21)6-4-13(17)2/h4-7,10-11,18H,8-9H2,1-3H3,(H,22,25)/t18-/m1/s1. The first-order chi connectivity index (χ1) is 13.1. The maximum atomic E-state index is 13.1. The number of rotatable bonds is 4. The average Bonchev–Trinajstić information content (AvgIpc) is 3.03. The number of carbonyl (C=O) groups is 2. The highest BCUT2D eigenvalue weighted by atomic mass is 35.5. The zero-order chi connectivity index (χ0) is 20.6. The first-order valence-electron chi connectivity index (χ1n) is 8.83. The van der Waals surface area contributed by atoms with Crippen molar-refractivity contribution in [3.8, 4) is 0 Å². The summed E-state index contributed by atoms with van der Waals surface area (Å²) < 4.78 is 26.9. The van der Waals surface area contributed by atoms with Gasteiger partial charge in [-0.15, -0.1) is 0 Å². The van der Waals surface area contributed by atoms with Gasteiger partial charge in [0.15, 0.2) is 0 Å². The zero-order valence-electron chi connectivity index (χ0n) is 15.8. The van der Waals surface area contributed by atoms with Crippen LogP contribution >= 0.6 is 11.6 Å². The van der Waals surface area contributed by atoms with Crippen molar-refractivity contribution in [2.45, 2.75) is 44.6 Å². The van der Waals surface area contributed by atoms with Crippen LogP contribution in [0.1, 0.15) is 29.5 Å². The number of anilines is 1. The Hall–Kier alpha value is -2.38. The summed E-state index contributed by atoms with van der Waals surface area (Å²) >= 11 is 5.98. The van der Waals surface area contributed by atoms with E-state index >= 15 is 0 Å². The summed E-state index contributed by atoms with van der Waals surface area (Å²) in [5.74, 6) is -1.13. The van der Waals surface area contributed by atoms with Crippen LogP contribution in [-0.4, -0.2) is 30.6 Å². The van der Waals surface area contributed by atoms with Crippen molar-refractivity contribution in [1.82, 2.24) is 4.31 Å². The van der Waals surface area contributed by atoms with E-state index < -0.39 is 27.9 Å². The van der Waals surface area contributed by atoms with Crippen molar-refractivity contribution in [1.29, 1.82) is 0 Å². The van der Waals surface area contributed by atoms with Crippen LogP contribution in [0.2, 0.25) is 5.02 Å². The van der Waals surface area contributed by atoms with Crippen LogP contribution in [0.3, 0.4) is 0 Å². The lowest BCUT2D eigenvalue weighted by atomic mass is 10.1. The fourth-order valence-electron chi connectivity index (χ4n) is 3.13. The van der Waals surface area contributed by atoms with Crippen LogP contribution in [0, 0.1) is 20.8 Å². The van der Waals surface area contributed by atoms with E-state index in [1.54, 1.807) is 38.1 Å². The van der Waals surface area contributed by atoms with Crippen molar-refractivity contribution in [3.05, 3.63) is 58.1 Å². The van der Waals surface area contributed by atoms with Gasteiger partial charge >= 0.3 is 0 Å². The van der Waals surface area contributed by atoms with Crippen LogP contribution in [0.15, 0.2) is 41.3 Å². The highest BCUT2D eigenvalue weighted by Gasteiger charge is 2.44. The maximum absolute atomic E-state index is 13.1. The summed E-state index contributed by atoms with van der Waals surface area (Å²) in [6.07, 6.45) is 0.130. The molecule has 0 radical (unpaired) electrons. The van der Waals surface area contributed by atoms with Gasteiger partial charge in [-0.25, -0.2) is 12.7 Å². The predicted molar refractivity (Wildman–Crippen MR) is 108 cm³/mol. The summed E-state index contributed by atoms with van der Waals surface area (Å²) in [6.45, 7) is 5.47. The first kappa shape index (κ1) is 20.4. The number of nitrogens with zero attached hydrogens (tertiary/aromatic N) is 1. The van der Waals surface area contributed by atoms with Gasteiger partial charge in [-0.1, -0.05) is 23.7 Å². The molecule has 2 aromatic rings. The van der Waals surface area contributed by atoms with Gasteiger partial charge in [0, 0.05) is 17.1 Å². The number of hydrogen-bond donors (Lipinski definition) is 1. The van der Waals surface area contributed by atoms with Crippen molar-refractivity contribution >= 4 is 39.1 Å². The molecular weight excluding hydrogens is 400 g/mol. The summed E-state index contributed by atoms with van der Waals surface area (Å²) in [6, 6.07) is 8.60. The van der Waals surface area contributed by atoms with Crippen molar-refractivity contribution in [2.24, 2.45) is 0 Å². The minimum absolute atomic E-state index is 0.00239. The molecule has 2 aromatic carbocycles. The molecule has 1 aliphatic rings. The molecule has 1 fully saturated rings. The van der Waals surface area contributed by atoms with Gasteiger partial charge in [0.2, 0.25) is 11.8 Å². The lowest BCUT2D eigenvalue weighted by Gasteiger charge is -2.24. The quantitative estimate of drug-likeness (QED) is 0.819. The summed E-state index contributed by atoms with van der Waals surface area (Å²) in [5.41, 5.74) is 3.01. The Morgan fingerprint density at radius 3 is 2.43 bits per heavy atom. The lowest BCUT2D eigenvalue weighted by Crippen LogP contribution is -2.45. The van der Waals surface area contributed by atoms with Crippen LogP contribution in [0.25, 0.3) is 0 Å². The Kier molecular flexibility index (Phi) is 5.50. The number of benzene rings is 2. The molecule has 0 aliphatic carbocycles. The molecular formula is C20H21ClN2O4S. The first-order valence-corrected chi connectivity index (χ1v) is 10.6. The molecule has 1 saturated heterocycles. The summed E-state index contributed by atoms with van der Waals surface area (Å²) in [4.78, 5) is 25.2. The number of amides is 2. The van der Waals surface area contributed by atoms with Gasteiger partial charge in [-0.05, 0) is 68.1 Å². The molecule has 1 atom stereocenters. The van der Waals surface area contributed by atoms with E-state index in [0.29, 0.717) is 15.0 Å². The molecule has 1 aliphatic heterocycles. The minimum Gasteiger partial charge on any atom is -0.324 e. The topological polar surface area (TPSA) is 83.6 Å². The van der Waals surface area contributed by atoms with Crippen LogP contribution in [0.4, 0.5) is 5.69 Å². The zero-order valence-corrected chi connectivity index (χ0v) is 17.4. The Labute approximate surface area is 169 Å². The molecule has 0 unspecified atom stereocenters.